The van der Waals surface area contributed by atoms with E-state index in [0.717, 1.165) is 5.56 Å². The van der Waals surface area contributed by atoms with Gasteiger partial charge in [-0.3, -0.25) is 14.6 Å². The van der Waals surface area contributed by atoms with Crippen LogP contribution in [0.1, 0.15) is 21.6 Å². The summed E-state index contributed by atoms with van der Waals surface area (Å²) in [6.45, 7) is 1.77. The van der Waals surface area contributed by atoms with Crippen molar-refractivity contribution in [3.8, 4) is 0 Å². The van der Waals surface area contributed by atoms with E-state index in [1.807, 2.05) is 0 Å². The van der Waals surface area contributed by atoms with E-state index in [1.54, 1.807) is 13.0 Å². The van der Waals surface area contributed by atoms with Crippen LogP contribution < -0.4 is 5.73 Å². The molecular weight excluding hydrogens is 260 g/mol. The molecule has 4 nitrogen and oxygen atoms in total. The molecule has 80 valence electrons. The molecule has 0 aromatic carbocycles. The highest BCUT2D eigenvalue weighted by Crippen LogP contribution is 2.13. The number of nitrogens with two attached hydrogens (primary N) is 1. The summed E-state index contributed by atoms with van der Waals surface area (Å²) in [7, 11) is 0. The van der Waals surface area contributed by atoms with Crippen molar-refractivity contribution in [3.63, 3.8) is 0 Å². The third-order valence-corrected chi connectivity index (χ3v) is 2.58. The molecule has 0 aliphatic rings. The Bertz CT molecular complexity index is 404. The molecule has 0 unspecified atom stereocenters. The van der Waals surface area contributed by atoms with Gasteiger partial charge in [-0.1, -0.05) is 15.9 Å². The van der Waals surface area contributed by atoms with Crippen molar-refractivity contribution >= 4 is 27.6 Å². The van der Waals surface area contributed by atoms with Gasteiger partial charge in [-0.2, -0.15) is 0 Å². The first-order chi connectivity index (χ1) is 7.06. The molecule has 1 amide bonds. The van der Waals surface area contributed by atoms with E-state index in [1.165, 1.54) is 6.20 Å². The number of amides is 1. The monoisotopic (exact) mass is 270 g/mol. The maximum Gasteiger partial charge on any atom is 0.223 e. The second-order valence-electron chi connectivity index (χ2n) is 3.13. The molecule has 0 aliphatic heterocycles. The maximum atomic E-state index is 11.5. The summed E-state index contributed by atoms with van der Waals surface area (Å²) < 4.78 is 0. The minimum absolute atomic E-state index is 0.0272. The number of hydrogen-bond donors (Lipinski definition) is 1. The molecule has 0 bridgehead atoms. The van der Waals surface area contributed by atoms with Gasteiger partial charge in [0.2, 0.25) is 5.91 Å². The van der Waals surface area contributed by atoms with E-state index in [0.29, 0.717) is 11.3 Å². The minimum Gasteiger partial charge on any atom is -0.369 e. The molecule has 0 radical (unpaired) electrons. The van der Waals surface area contributed by atoms with Crippen LogP contribution in [-0.2, 0) is 11.2 Å². The van der Waals surface area contributed by atoms with E-state index < -0.39 is 5.91 Å². The predicted molar refractivity (Wildman–Crippen MR) is 60.0 cm³/mol. The highest BCUT2D eigenvalue weighted by atomic mass is 79.9. The molecule has 0 spiro atoms. The van der Waals surface area contributed by atoms with Gasteiger partial charge in [-0.25, -0.2) is 0 Å². The number of Topliss-reactive ketones (excluding diaryl/α,β-unsaturated/α-hetero) is 1. The minimum atomic E-state index is -0.450. The Hall–Kier alpha value is -1.23. The Morgan fingerprint density at radius 2 is 2.20 bits per heavy atom. The summed E-state index contributed by atoms with van der Waals surface area (Å²) in [4.78, 5) is 26.3. The highest BCUT2D eigenvalue weighted by Gasteiger charge is 2.12. The molecule has 5 heteroatoms. The largest absolute Gasteiger partial charge is 0.369 e. The van der Waals surface area contributed by atoms with Gasteiger partial charge >= 0.3 is 0 Å². The third-order valence-electron chi connectivity index (χ3n) is 2.07. The van der Waals surface area contributed by atoms with Crippen LogP contribution in [0, 0.1) is 6.92 Å². The average molecular weight is 271 g/mol. The average Bonchev–Trinajstić information content (AvgIpc) is 2.19. The number of aromatic nitrogens is 1. The number of halogens is 1. The van der Waals surface area contributed by atoms with E-state index >= 15 is 0 Å². The van der Waals surface area contributed by atoms with Gasteiger partial charge < -0.3 is 5.73 Å². The molecule has 1 heterocycles. The van der Waals surface area contributed by atoms with Gasteiger partial charge in [0.05, 0.1) is 17.4 Å². The third kappa shape index (κ3) is 2.86. The van der Waals surface area contributed by atoms with E-state index in [-0.39, 0.29) is 17.5 Å². The molecule has 0 atom stereocenters. The van der Waals surface area contributed by atoms with Gasteiger partial charge in [-0.05, 0) is 18.6 Å². The number of primary amides is 1. The smallest absolute Gasteiger partial charge is 0.223 e. The van der Waals surface area contributed by atoms with Gasteiger partial charge in [0.15, 0.2) is 5.78 Å². The lowest BCUT2D eigenvalue weighted by molar-refractivity contribution is -0.117. The summed E-state index contributed by atoms with van der Waals surface area (Å²) in [5.41, 5.74) is 6.95. The fourth-order valence-electron chi connectivity index (χ4n) is 1.30. The molecular formula is C10H11BrN2O2. The van der Waals surface area contributed by atoms with E-state index in [9.17, 15) is 9.59 Å². The van der Waals surface area contributed by atoms with Crippen molar-refractivity contribution in [1.29, 1.82) is 0 Å². The summed E-state index contributed by atoms with van der Waals surface area (Å²) in [5, 5.41) is 0.258. The number of hydrogen-bond acceptors (Lipinski definition) is 3. The Morgan fingerprint density at radius 1 is 1.53 bits per heavy atom. The number of pyridine rings is 1. The zero-order valence-corrected chi connectivity index (χ0v) is 9.87. The molecule has 1 aromatic rings. The van der Waals surface area contributed by atoms with Crippen LogP contribution in [0.4, 0.5) is 0 Å². The van der Waals surface area contributed by atoms with Crippen LogP contribution in [0.5, 0.6) is 0 Å². The number of ketones is 1. The Morgan fingerprint density at radius 3 is 2.73 bits per heavy atom. The van der Waals surface area contributed by atoms with Crippen LogP contribution in [0.15, 0.2) is 12.3 Å². The molecule has 1 aromatic heterocycles. The second-order valence-corrected chi connectivity index (χ2v) is 3.69. The van der Waals surface area contributed by atoms with Crippen molar-refractivity contribution in [2.24, 2.45) is 5.73 Å². The lowest BCUT2D eigenvalue weighted by atomic mass is 10.0. The van der Waals surface area contributed by atoms with E-state index in [4.69, 9.17) is 5.73 Å². The maximum absolute atomic E-state index is 11.5. The summed E-state index contributed by atoms with van der Waals surface area (Å²) in [5.74, 6) is -0.477. The Balaban J connectivity index is 3.11. The molecule has 0 aliphatic carbocycles. The molecule has 1 rings (SSSR count). The van der Waals surface area contributed by atoms with Crippen LogP contribution in [0.3, 0.4) is 0 Å². The summed E-state index contributed by atoms with van der Waals surface area (Å²) in [6.07, 6.45) is 1.58. The van der Waals surface area contributed by atoms with Gasteiger partial charge in [0, 0.05) is 11.8 Å². The number of carbonyl (C=O) groups excluding carboxylic acids is 2. The number of carbonyl (C=O) groups is 2. The molecule has 0 fully saturated rings. The fraction of sp³-hybridized carbons (Fsp3) is 0.300. The highest BCUT2D eigenvalue weighted by molar-refractivity contribution is 9.09. The lowest BCUT2D eigenvalue weighted by Gasteiger charge is -2.06. The Kier molecular flexibility index (Phi) is 3.96. The molecule has 0 saturated heterocycles. The van der Waals surface area contributed by atoms with Crippen LogP contribution in [-0.4, -0.2) is 22.0 Å². The zero-order chi connectivity index (χ0) is 11.4. The SMILES string of the molecule is Cc1c(C(=O)CBr)ccnc1CC(N)=O. The van der Waals surface area contributed by atoms with E-state index in [2.05, 4.69) is 20.9 Å². The quantitative estimate of drug-likeness (QED) is 0.655. The number of nitrogens with zero attached hydrogens (tertiary/aromatic N) is 1. The number of alkyl halides is 1. The van der Waals surface area contributed by atoms with Crippen LogP contribution >= 0.6 is 15.9 Å². The van der Waals surface area contributed by atoms with Crippen LogP contribution in [0.25, 0.3) is 0 Å². The van der Waals surface area contributed by atoms with Crippen molar-refractivity contribution < 1.29 is 9.59 Å². The predicted octanol–water partition coefficient (Wildman–Crippen LogP) is 0.995. The first kappa shape index (κ1) is 11.8. The standard InChI is InChI=1S/C10H11BrN2O2/c1-6-7(9(14)5-11)2-3-13-8(6)4-10(12)15/h2-3H,4-5H2,1H3,(H2,12,15). The Labute approximate surface area is 96.0 Å². The van der Waals surface area contributed by atoms with Gasteiger partial charge in [-0.15, -0.1) is 0 Å². The van der Waals surface area contributed by atoms with Crippen molar-refractivity contribution in [3.05, 3.63) is 29.1 Å². The van der Waals surface area contributed by atoms with Crippen molar-refractivity contribution in [2.75, 3.05) is 5.33 Å². The first-order valence-corrected chi connectivity index (χ1v) is 5.50. The first-order valence-electron chi connectivity index (χ1n) is 4.38. The lowest BCUT2D eigenvalue weighted by Crippen LogP contribution is -2.16. The molecule has 2 N–H and O–H groups in total. The van der Waals surface area contributed by atoms with Crippen molar-refractivity contribution in [1.82, 2.24) is 4.98 Å². The molecule has 15 heavy (non-hydrogen) atoms. The number of rotatable bonds is 4. The summed E-state index contributed by atoms with van der Waals surface area (Å²) in [6, 6.07) is 1.64. The topological polar surface area (TPSA) is 73.1 Å². The second kappa shape index (κ2) is 5.02. The normalized spacial score (nSPS) is 10.0. The zero-order valence-electron chi connectivity index (χ0n) is 8.29. The fourth-order valence-corrected chi connectivity index (χ4v) is 1.60. The van der Waals surface area contributed by atoms with Crippen LogP contribution in [0.2, 0.25) is 0 Å². The van der Waals surface area contributed by atoms with Gasteiger partial charge in [0.1, 0.15) is 0 Å². The molecule has 0 saturated carbocycles. The van der Waals surface area contributed by atoms with Gasteiger partial charge in [0.25, 0.3) is 0 Å². The van der Waals surface area contributed by atoms with Crippen molar-refractivity contribution in [2.45, 2.75) is 13.3 Å². The summed E-state index contributed by atoms with van der Waals surface area (Å²) >= 11 is 3.10.